The minimum Gasteiger partial charge on any atom is -0.484 e. The number of rotatable bonds is 8. The number of aliphatic imine (C=N–C) groups is 1. The third kappa shape index (κ3) is 8.12. The van der Waals surface area contributed by atoms with Gasteiger partial charge >= 0.3 is 0 Å². The zero-order valence-electron chi connectivity index (χ0n) is 16.0. The van der Waals surface area contributed by atoms with Crippen molar-refractivity contribution in [3.05, 3.63) is 65.5 Å². The monoisotopic (exact) mass is 500 g/mol. The fourth-order valence-corrected chi connectivity index (χ4v) is 2.37. The van der Waals surface area contributed by atoms with Gasteiger partial charge in [0, 0.05) is 32.2 Å². The SMILES string of the molecule is CCNC(=O)COc1cccc(CNC(=NC)NCc2ccccc2F)c1.I. The van der Waals surface area contributed by atoms with E-state index in [9.17, 15) is 9.18 Å². The van der Waals surface area contributed by atoms with Crippen LogP contribution in [-0.4, -0.2) is 32.1 Å². The Morgan fingerprint density at radius 1 is 1.07 bits per heavy atom. The number of guanidine groups is 1. The van der Waals surface area contributed by atoms with Crippen LogP contribution in [0.1, 0.15) is 18.1 Å². The molecule has 0 aliphatic rings. The van der Waals surface area contributed by atoms with Crippen LogP contribution in [0.5, 0.6) is 5.75 Å². The van der Waals surface area contributed by atoms with E-state index in [1.165, 1.54) is 6.07 Å². The molecule has 0 spiro atoms. The minimum absolute atomic E-state index is 0. The molecule has 0 saturated carbocycles. The van der Waals surface area contributed by atoms with Crippen molar-refractivity contribution in [2.45, 2.75) is 20.0 Å². The van der Waals surface area contributed by atoms with Gasteiger partial charge in [-0.15, -0.1) is 24.0 Å². The molecule has 0 heterocycles. The lowest BCUT2D eigenvalue weighted by Crippen LogP contribution is -2.36. The molecule has 2 aromatic rings. The van der Waals surface area contributed by atoms with E-state index in [1.807, 2.05) is 25.1 Å². The number of benzene rings is 2. The number of hydrogen-bond acceptors (Lipinski definition) is 3. The Labute approximate surface area is 182 Å². The molecule has 0 aromatic heterocycles. The van der Waals surface area contributed by atoms with E-state index in [0.717, 1.165) is 5.56 Å². The normalized spacial score (nSPS) is 10.6. The Balaban J connectivity index is 0.00000392. The van der Waals surface area contributed by atoms with Crippen molar-refractivity contribution in [1.29, 1.82) is 0 Å². The van der Waals surface area contributed by atoms with E-state index in [0.29, 0.717) is 36.9 Å². The summed E-state index contributed by atoms with van der Waals surface area (Å²) >= 11 is 0. The molecule has 0 radical (unpaired) electrons. The van der Waals surface area contributed by atoms with Gasteiger partial charge in [-0.1, -0.05) is 30.3 Å². The second kappa shape index (κ2) is 12.9. The van der Waals surface area contributed by atoms with Crippen molar-refractivity contribution in [3.63, 3.8) is 0 Å². The number of carbonyl (C=O) groups is 1. The largest absolute Gasteiger partial charge is 0.484 e. The molecule has 1 amide bonds. The van der Waals surface area contributed by atoms with E-state index in [2.05, 4.69) is 20.9 Å². The molecule has 28 heavy (non-hydrogen) atoms. The first kappa shape index (κ1) is 23.7. The van der Waals surface area contributed by atoms with Crippen molar-refractivity contribution in [3.8, 4) is 5.75 Å². The molecule has 3 N–H and O–H groups in total. The highest BCUT2D eigenvalue weighted by molar-refractivity contribution is 14.0. The van der Waals surface area contributed by atoms with Gasteiger partial charge in [-0.3, -0.25) is 9.79 Å². The third-order valence-electron chi connectivity index (χ3n) is 3.73. The molecule has 6 nitrogen and oxygen atoms in total. The summed E-state index contributed by atoms with van der Waals surface area (Å²) in [5.74, 6) is 0.776. The van der Waals surface area contributed by atoms with Gasteiger partial charge in [0.15, 0.2) is 12.6 Å². The molecular weight excluding hydrogens is 474 g/mol. The number of halogens is 2. The third-order valence-corrected chi connectivity index (χ3v) is 3.73. The summed E-state index contributed by atoms with van der Waals surface area (Å²) in [5, 5.41) is 8.93. The summed E-state index contributed by atoms with van der Waals surface area (Å²) < 4.78 is 19.2. The van der Waals surface area contributed by atoms with E-state index in [-0.39, 0.29) is 42.3 Å². The van der Waals surface area contributed by atoms with Gasteiger partial charge in [-0.05, 0) is 30.7 Å². The Morgan fingerprint density at radius 3 is 2.54 bits per heavy atom. The first-order valence-corrected chi connectivity index (χ1v) is 8.78. The van der Waals surface area contributed by atoms with Crippen LogP contribution in [0.2, 0.25) is 0 Å². The van der Waals surface area contributed by atoms with Gasteiger partial charge in [-0.25, -0.2) is 4.39 Å². The molecule has 0 atom stereocenters. The highest BCUT2D eigenvalue weighted by Gasteiger charge is 2.05. The van der Waals surface area contributed by atoms with Crippen LogP contribution in [0, 0.1) is 5.82 Å². The van der Waals surface area contributed by atoms with Gasteiger partial charge in [0.1, 0.15) is 11.6 Å². The van der Waals surface area contributed by atoms with Crippen molar-refractivity contribution < 1.29 is 13.9 Å². The van der Waals surface area contributed by atoms with Gasteiger partial charge in [0.25, 0.3) is 5.91 Å². The lowest BCUT2D eigenvalue weighted by molar-refractivity contribution is -0.122. The molecule has 0 fully saturated rings. The molecule has 0 aliphatic carbocycles. The molecule has 2 rings (SSSR count). The number of ether oxygens (including phenoxy) is 1. The van der Waals surface area contributed by atoms with Gasteiger partial charge in [0.2, 0.25) is 0 Å². The standard InChI is InChI=1S/C20H25FN4O2.HI/c1-3-23-19(26)14-27-17-9-6-7-15(11-17)12-24-20(22-2)25-13-16-8-4-5-10-18(16)21;/h4-11H,3,12-14H2,1-2H3,(H,23,26)(H2,22,24,25);1H. The molecule has 8 heteroatoms. The Kier molecular flexibility index (Phi) is 10.9. The van der Waals surface area contributed by atoms with Gasteiger partial charge in [0.05, 0.1) is 0 Å². The Hall–Kier alpha value is -2.36. The van der Waals surface area contributed by atoms with Crippen LogP contribution >= 0.6 is 24.0 Å². The summed E-state index contributed by atoms with van der Waals surface area (Å²) in [6, 6.07) is 14.1. The average molecular weight is 500 g/mol. The van der Waals surface area contributed by atoms with E-state index in [1.54, 1.807) is 31.3 Å². The average Bonchev–Trinajstić information content (AvgIpc) is 2.68. The maximum absolute atomic E-state index is 13.7. The first-order chi connectivity index (χ1) is 13.1. The van der Waals surface area contributed by atoms with Crippen LogP contribution in [-0.2, 0) is 17.9 Å². The summed E-state index contributed by atoms with van der Waals surface area (Å²) in [6.45, 7) is 3.26. The minimum atomic E-state index is -0.252. The topological polar surface area (TPSA) is 74.8 Å². The highest BCUT2D eigenvalue weighted by Crippen LogP contribution is 2.13. The maximum atomic E-state index is 13.7. The molecule has 0 unspecified atom stereocenters. The number of likely N-dealkylation sites (N-methyl/N-ethyl adjacent to an activating group) is 1. The summed E-state index contributed by atoms with van der Waals surface area (Å²) in [4.78, 5) is 15.6. The number of nitrogens with one attached hydrogen (secondary N) is 3. The quantitative estimate of drug-likeness (QED) is 0.296. The molecular formula is C20H26FIN4O2. The number of amides is 1. The lowest BCUT2D eigenvalue weighted by atomic mass is 10.2. The number of nitrogens with zero attached hydrogens (tertiary/aromatic N) is 1. The fourth-order valence-electron chi connectivity index (χ4n) is 2.37. The van der Waals surface area contributed by atoms with Crippen LogP contribution in [0.25, 0.3) is 0 Å². The van der Waals surface area contributed by atoms with Crippen molar-refractivity contribution >= 4 is 35.8 Å². The van der Waals surface area contributed by atoms with Crippen LogP contribution in [0.15, 0.2) is 53.5 Å². The summed E-state index contributed by atoms with van der Waals surface area (Å²) in [6.07, 6.45) is 0. The number of carbonyl (C=O) groups excluding carboxylic acids is 1. The molecule has 152 valence electrons. The second-order valence-corrected chi connectivity index (χ2v) is 5.76. The van der Waals surface area contributed by atoms with Crippen LogP contribution in [0.4, 0.5) is 4.39 Å². The molecule has 2 aromatic carbocycles. The first-order valence-electron chi connectivity index (χ1n) is 8.78. The zero-order chi connectivity index (χ0) is 19.5. The van der Waals surface area contributed by atoms with Gasteiger partial charge < -0.3 is 20.7 Å². The van der Waals surface area contributed by atoms with Crippen LogP contribution in [0.3, 0.4) is 0 Å². The predicted molar refractivity (Wildman–Crippen MR) is 119 cm³/mol. The molecule has 0 saturated heterocycles. The van der Waals surface area contributed by atoms with E-state index < -0.39 is 0 Å². The van der Waals surface area contributed by atoms with Crippen molar-refractivity contribution in [2.24, 2.45) is 4.99 Å². The smallest absolute Gasteiger partial charge is 0.257 e. The lowest BCUT2D eigenvalue weighted by Gasteiger charge is -2.13. The van der Waals surface area contributed by atoms with Gasteiger partial charge in [-0.2, -0.15) is 0 Å². The second-order valence-electron chi connectivity index (χ2n) is 5.76. The molecule has 0 aliphatic heterocycles. The molecule has 0 bridgehead atoms. The number of hydrogen-bond donors (Lipinski definition) is 3. The predicted octanol–water partition coefficient (Wildman–Crippen LogP) is 2.82. The maximum Gasteiger partial charge on any atom is 0.257 e. The van der Waals surface area contributed by atoms with E-state index >= 15 is 0 Å². The Bertz CT molecular complexity index is 786. The highest BCUT2D eigenvalue weighted by atomic mass is 127. The van der Waals surface area contributed by atoms with Crippen LogP contribution < -0.4 is 20.7 Å². The summed E-state index contributed by atoms with van der Waals surface area (Å²) in [5.41, 5.74) is 1.54. The fraction of sp³-hybridized carbons (Fsp3) is 0.300. The van der Waals surface area contributed by atoms with Crippen molar-refractivity contribution in [1.82, 2.24) is 16.0 Å². The zero-order valence-corrected chi connectivity index (χ0v) is 18.3. The van der Waals surface area contributed by atoms with Crippen molar-refractivity contribution in [2.75, 3.05) is 20.2 Å². The summed E-state index contributed by atoms with van der Waals surface area (Å²) in [7, 11) is 1.66. The Morgan fingerprint density at radius 2 is 1.82 bits per heavy atom. The van der Waals surface area contributed by atoms with E-state index in [4.69, 9.17) is 4.74 Å².